The Morgan fingerprint density at radius 1 is 1.17 bits per heavy atom. The second-order valence-electron chi connectivity index (χ2n) is 6.89. The molecule has 0 unspecified atom stereocenters. The summed E-state index contributed by atoms with van der Waals surface area (Å²) >= 11 is 5.93. The summed E-state index contributed by atoms with van der Waals surface area (Å²) in [6, 6.07) is 8.64. The van der Waals surface area contributed by atoms with E-state index in [1.807, 2.05) is 12.1 Å². The maximum atomic E-state index is 10.5. The van der Waals surface area contributed by atoms with Crippen LogP contribution in [0.15, 0.2) is 24.3 Å². The predicted molar refractivity (Wildman–Crippen MR) is 92.8 cm³/mol. The molecule has 4 nitrogen and oxygen atoms in total. The van der Waals surface area contributed by atoms with Gasteiger partial charge in [0.2, 0.25) is 0 Å². The molecule has 3 rings (SSSR count). The predicted octanol–water partition coefficient (Wildman–Crippen LogP) is 2.44. The van der Waals surface area contributed by atoms with Crippen molar-refractivity contribution in [3.63, 3.8) is 0 Å². The lowest BCUT2D eigenvalue weighted by Gasteiger charge is -2.36. The normalized spacial score (nSPS) is 23.0. The number of aliphatic hydroxyl groups is 1. The van der Waals surface area contributed by atoms with Gasteiger partial charge in [-0.2, -0.15) is 0 Å². The molecular formula is C18H27ClN2O2. The number of nitrogens with one attached hydrogen (secondary N) is 1. The molecule has 1 aromatic rings. The Balaban J connectivity index is 1.39. The molecule has 0 saturated carbocycles. The van der Waals surface area contributed by atoms with Crippen LogP contribution in [0.4, 0.5) is 0 Å². The van der Waals surface area contributed by atoms with Crippen LogP contribution in [-0.2, 0) is 11.3 Å². The zero-order chi connectivity index (χ0) is 16.1. The zero-order valence-corrected chi connectivity index (χ0v) is 14.4. The van der Waals surface area contributed by atoms with Crippen molar-refractivity contribution in [2.75, 3.05) is 32.8 Å². The van der Waals surface area contributed by atoms with Crippen LogP contribution in [-0.4, -0.2) is 54.5 Å². The van der Waals surface area contributed by atoms with Crippen molar-refractivity contribution in [1.82, 2.24) is 10.2 Å². The summed E-state index contributed by atoms with van der Waals surface area (Å²) < 4.78 is 5.33. The average Bonchev–Trinajstić information content (AvgIpc) is 2.57. The number of likely N-dealkylation sites (tertiary alicyclic amines) is 1. The fourth-order valence-corrected chi connectivity index (χ4v) is 3.53. The summed E-state index contributed by atoms with van der Waals surface area (Å²) in [6.45, 7) is 5.24. The highest BCUT2D eigenvalue weighted by Gasteiger charge is 2.30. The van der Waals surface area contributed by atoms with E-state index < -0.39 is 5.60 Å². The van der Waals surface area contributed by atoms with Gasteiger partial charge in [0.15, 0.2) is 0 Å². The lowest BCUT2D eigenvalue weighted by Crippen LogP contribution is -2.50. The van der Waals surface area contributed by atoms with Crippen LogP contribution < -0.4 is 5.32 Å². The van der Waals surface area contributed by atoms with E-state index in [9.17, 15) is 5.11 Å². The Morgan fingerprint density at radius 2 is 1.83 bits per heavy atom. The van der Waals surface area contributed by atoms with Crippen molar-refractivity contribution >= 4 is 11.6 Å². The van der Waals surface area contributed by atoms with Gasteiger partial charge in [-0.25, -0.2) is 0 Å². The number of nitrogens with zero attached hydrogens (tertiary/aromatic N) is 1. The van der Waals surface area contributed by atoms with Crippen molar-refractivity contribution in [1.29, 1.82) is 0 Å². The Hall–Kier alpha value is -0.650. The molecule has 2 saturated heterocycles. The van der Waals surface area contributed by atoms with Crippen LogP contribution in [0, 0.1) is 0 Å². The van der Waals surface area contributed by atoms with Gasteiger partial charge in [-0.15, -0.1) is 0 Å². The first-order valence-electron chi connectivity index (χ1n) is 8.63. The molecule has 2 aliphatic heterocycles. The van der Waals surface area contributed by atoms with Crippen molar-refractivity contribution in [2.45, 2.75) is 43.9 Å². The minimum absolute atomic E-state index is 0.517. The van der Waals surface area contributed by atoms with Crippen LogP contribution in [0.5, 0.6) is 0 Å². The van der Waals surface area contributed by atoms with Gasteiger partial charge in [0.25, 0.3) is 0 Å². The summed E-state index contributed by atoms with van der Waals surface area (Å²) in [6.07, 6.45) is 3.77. The third-order valence-corrected chi connectivity index (χ3v) is 5.30. The summed E-state index contributed by atoms with van der Waals surface area (Å²) in [7, 11) is 0. The van der Waals surface area contributed by atoms with Gasteiger partial charge >= 0.3 is 0 Å². The smallest absolute Gasteiger partial charge is 0.0815 e. The van der Waals surface area contributed by atoms with E-state index in [1.54, 1.807) is 0 Å². The van der Waals surface area contributed by atoms with E-state index in [0.29, 0.717) is 25.8 Å². The van der Waals surface area contributed by atoms with Crippen molar-refractivity contribution in [3.05, 3.63) is 34.9 Å². The summed E-state index contributed by atoms with van der Waals surface area (Å²) in [5, 5.41) is 14.9. The van der Waals surface area contributed by atoms with Gasteiger partial charge in [0.05, 0.1) is 5.60 Å². The quantitative estimate of drug-likeness (QED) is 0.865. The number of ether oxygens (including phenoxy) is 1. The van der Waals surface area contributed by atoms with Crippen LogP contribution in [0.3, 0.4) is 0 Å². The molecule has 23 heavy (non-hydrogen) atoms. The topological polar surface area (TPSA) is 44.7 Å². The molecule has 2 N–H and O–H groups in total. The van der Waals surface area contributed by atoms with Gasteiger partial charge < -0.3 is 15.2 Å². The molecule has 5 heteroatoms. The molecule has 0 aliphatic carbocycles. The molecule has 0 amide bonds. The second-order valence-corrected chi connectivity index (χ2v) is 7.33. The minimum atomic E-state index is -0.571. The first-order chi connectivity index (χ1) is 11.1. The van der Waals surface area contributed by atoms with E-state index in [2.05, 4.69) is 22.3 Å². The van der Waals surface area contributed by atoms with Gasteiger partial charge in [-0.1, -0.05) is 23.7 Å². The fraction of sp³-hybridized carbons (Fsp3) is 0.667. The van der Waals surface area contributed by atoms with Crippen LogP contribution in [0.2, 0.25) is 5.02 Å². The Kier molecular flexibility index (Phi) is 5.94. The van der Waals surface area contributed by atoms with E-state index in [-0.39, 0.29) is 0 Å². The number of rotatable bonds is 5. The molecule has 1 aromatic carbocycles. The van der Waals surface area contributed by atoms with E-state index in [0.717, 1.165) is 50.3 Å². The highest BCUT2D eigenvalue weighted by atomic mass is 35.5. The van der Waals surface area contributed by atoms with Crippen molar-refractivity contribution in [3.8, 4) is 0 Å². The molecule has 0 bridgehead atoms. The monoisotopic (exact) mass is 338 g/mol. The zero-order valence-electron chi connectivity index (χ0n) is 13.6. The largest absolute Gasteiger partial charge is 0.388 e. The Labute approximate surface area is 143 Å². The molecule has 2 heterocycles. The SMILES string of the molecule is OC1(CNC2CCN(Cc3ccc(Cl)cc3)CC2)CCOCC1. The van der Waals surface area contributed by atoms with Crippen LogP contribution in [0.25, 0.3) is 0 Å². The number of piperidine rings is 1. The van der Waals surface area contributed by atoms with Gasteiger partial charge in [-0.05, 0) is 43.6 Å². The van der Waals surface area contributed by atoms with E-state index in [1.165, 1.54) is 5.56 Å². The van der Waals surface area contributed by atoms with E-state index in [4.69, 9.17) is 16.3 Å². The third-order valence-electron chi connectivity index (χ3n) is 5.05. The van der Waals surface area contributed by atoms with Crippen molar-refractivity contribution in [2.24, 2.45) is 0 Å². The minimum Gasteiger partial charge on any atom is -0.388 e. The van der Waals surface area contributed by atoms with Gasteiger partial charge in [0.1, 0.15) is 0 Å². The number of hydrogen-bond donors (Lipinski definition) is 2. The highest BCUT2D eigenvalue weighted by Crippen LogP contribution is 2.21. The molecule has 0 aromatic heterocycles. The molecule has 128 valence electrons. The lowest BCUT2D eigenvalue weighted by atomic mass is 9.93. The summed E-state index contributed by atoms with van der Waals surface area (Å²) in [5.41, 5.74) is 0.746. The first kappa shape index (κ1) is 17.2. The second kappa shape index (κ2) is 7.95. The van der Waals surface area contributed by atoms with Gasteiger partial charge in [0, 0.05) is 50.2 Å². The van der Waals surface area contributed by atoms with E-state index >= 15 is 0 Å². The Morgan fingerprint density at radius 3 is 2.48 bits per heavy atom. The molecular weight excluding hydrogens is 312 g/mol. The average molecular weight is 339 g/mol. The summed E-state index contributed by atoms with van der Waals surface area (Å²) in [5.74, 6) is 0. The van der Waals surface area contributed by atoms with Gasteiger partial charge in [-0.3, -0.25) is 4.90 Å². The molecule has 0 radical (unpaired) electrons. The number of benzene rings is 1. The van der Waals surface area contributed by atoms with Crippen LogP contribution in [0.1, 0.15) is 31.2 Å². The third kappa shape index (κ3) is 5.16. The maximum Gasteiger partial charge on any atom is 0.0815 e. The lowest BCUT2D eigenvalue weighted by molar-refractivity contribution is -0.0635. The fourth-order valence-electron chi connectivity index (χ4n) is 3.41. The first-order valence-corrected chi connectivity index (χ1v) is 9.01. The number of halogens is 1. The Bertz CT molecular complexity index is 480. The highest BCUT2D eigenvalue weighted by molar-refractivity contribution is 6.30. The molecule has 2 fully saturated rings. The molecule has 0 spiro atoms. The maximum absolute atomic E-state index is 10.5. The van der Waals surface area contributed by atoms with Crippen molar-refractivity contribution < 1.29 is 9.84 Å². The number of hydrogen-bond acceptors (Lipinski definition) is 4. The summed E-state index contributed by atoms with van der Waals surface area (Å²) in [4.78, 5) is 2.49. The molecule has 0 atom stereocenters. The molecule has 2 aliphatic rings. The standard InChI is InChI=1S/C18H27ClN2O2/c19-16-3-1-15(2-4-16)13-21-9-5-17(6-10-21)20-14-18(22)7-11-23-12-8-18/h1-4,17,20,22H,5-14H2. The van der Waals surface area contributed by atoms with Crippen LogP contribution >= 0.6 is 11.6 Å².